The van der Waals surface area contributed by atoms with Crippen LogP contribution in [0.5, 0.6) is 0 Å². The lowest BCUT2D eigenvalue weighted by atomic mass is 10.1. The maximum Gasteiger partial charge on any atom is 0.123 e. The van der Waals surface area contributed by atoms with Gasteiger partial charge in [0, 0.05) is 5.38 Å². The van der Waals surface area contributed by atoms with Gasteiger partial charge in [-0.05, 0) is 36.6 Å². The minimum absolute atomic E-state index is 0.0249. The van der Waals surface area contributed by atoms with Crippen molar-refractivity contribution in [3.05, 3.63) is 51.7 Å². The molecule has 1 aromatic carbocycles. The van der Waals surface area contributed by atoms with Crippen LogP contribution in [0, 0.1) is 5.82 Å². The Morgan fingerprint density at radius 1 is 1.35 bits per heavy atom. The molecule has 2 aromatic rings. The van der Waals surface area contributed by atoms with Crippen LogP contribution in [0.1, 0.15) is 55.4 Å². The molecule has 0 radical (unpaired) electrons. The predicted molar refractivity (Wildman–Crippen MR) is 82.7 cm³/mol. The summed E-state index contributed by atoms with van der Waals surface area (Å²) >= 11 is 1.64. The van der Waals surface area contributed by atoms with Gasteiger partial charge in [-0.2, -0.15) is 0 Å². The summed E-state index contributed by atoms with van der Waals surface area (Å²) in [6.45, 7) is 7.28. The van der Waals surface area contributed by atoms with E-state index in [-0.39, 0.29) is 11.9 Å². The third-order valence-corrected chi connectivity index (χ3v) is 4.09. The van der Waals surface area contributed by atoms with Crippen molar-refractivity contribution in [1.82, 2.24) is 10.3 Å². The highest BCUT2D eigenvalue weighted by atomic mass is 32.1. The number of thiazole rings is 1. The fraction of sp³-hybridized carbons (Fsp3) is 0.438. The Morgan fingerprint density at radius 3 is 2.75 bits per heavy atom. The molecule has 2 rings (SSSR count). The second-order valence-corrected chi connectivity index (χ2v) is 6.10. The number of nitrogens with one attached hydrogen (secondary N) is 1. The summed E-state index contributed by atoms with van der Waals surface area (Å²) in [6, 6.07) is 6.74. The lowest BCUT2D eigenvalue weighted by molar-refractivity contribution is 0.581. The van der Waals surface area contributed by atoms with Gasteiger partial charge in [-0.25, -0.2) is 9.37 Å². The van der Waals surface area contributed by atoms with E-state index >= 15 is 0 Å². The van der Waals surface area contributed by atoms with Gasteiger partial charge < -0.3 is 5.32 Å². The van der Waals surface area contributed by atoms with E-state index in [1.807, 2.05) is 6.07 Å². The van der Waals surface area contributed by atoms with E-state index in [1.165, 1.54) is 6.07 Å². The molecule has 0 saturated heterocycles. The molecule has 108 valence electrons. The lowest BCUT2D eigenvalue weighted by Crippen LogP contribution is -2.23. The largest absolute Gasteiger partial charge is 0.304 e. The average molecular weight is 292 g/mol. The summed E-state index contributed by atoms with van der Waals surface area (Å²) in [5, 5.41) is 6.57. The maximum absolute atomic E-state index is 13.5. The van der Waals surface area contributed by atoms with E-state index in [0.29, 0.717) is 5.92 Å². The van der Waals surface area contributed by atoms with E-state index in [2.05, 4.69) is 31.5 Å². The molecule has 1 aromatic heterocycles. The first kappa shape index (κ1) is 15.1. The van der Waals surface area contributed by atoms with Crippen molar-refractivity contribution in [3.8, 4) is 0 Å². The second-order valence-electron chi connectivity index (χ2n) is 5.21. The van der Waals surface area contributed by atoms with E-state index in [4.69, 9.17) is 4.98 Å². The van der Waals surface area contributed by atoms with E-state index in [9.17, 15) is 4.39 Å². The zero-order valence-corrected chi connectivity index (χ0v) is 13.0. The number of hydrogen-bond donors (Lipinski definition) is 1. The molecule has 1 atom stereocenters. The number of halogens is 1. The molecule has 1 heterocycles. The van der Waals surface area contributed by atoms with Crippen molar-refractivity contribution in [2.24, 2.45) is 0 Å². The summed E-state index contributed by atoms with van der Waals surface area (Å²) in [4.78, 5) is 4.70. The van der Waals surface area contributed by atoms with Crippen LogP contribution in [-0.4, -0.2) is 11.5 Å². The van der Waals surface area contributed by atoms with Gasteiger partial charge in [-0.1, -0.05) is 32.9 Å². The third-order valence-electron chi connectivity index (χ3n) is 3.16. The Labute approximate surface area is 124 Å². The van der Waals surface area contributed by atoms with Crippen LogP contribution in [0.4, 0.5) is 4.39 Å². The zero-order valence-electron chi connectivity index (χ0n) is 12.2. The quantitative estimate of drug-likeness (QED) is 0.848. The Balaban J connectivity index is 2.31. The number of nitrogens with zero attached hydrogens (tertiary/aromatic N) is 1. The van der Waals surface area contributed by atoms with Gasteiger partial charge in [0.1, 0.15) is 10.8 Å². The van der Waals surface area contributed by atoms with Crippen LogP contribution in [0.3, 0.4) is 0 Å². The molecular weight excluding hydrogens is 271 g/mol. The molecule has 0 bridgehead atoms. The van der Waals surface area contributed by atoms with Crippen molar-refractivity contribution in [1.29, 1.82) is 0 Å². The van der Waals surface area contributed by atoms with Gasteiger partial charge >= 0.3 is 0 Å². The maximum atomic E-state index is 13.5. The van der Waals surface area contributed by atoms with E-state index < -0.39 is 0 Å². The smallest absolute Gasteiger partial charge is 0.123 e. The molecule has 1 N–H and O–H groups in total. The summed E-state index contributed by atoms with van der Waals surface area (Å²) in [5.74, 6) is 0.214. The number of rotatable bonds is 6. The van der Waals surface area contributed by atoms with Crippen LogP contribution in [0.2, 0.25) is 0 Å². The Morgan fingerprint density at radius 2 is 2.15 bits per heavy atom. The predicted octanol–water partition coefficient (Wildman–Crippen LogP) is 4.49. The molecule has 2 nitrogen and oxygen atoms in total. The monoisotopic (exact) mass is 292 g/mol. The van der Waals surface area contributed by atoms with Gasteiger partial charge in [0.15, 0.2) is 0 Å². The summed E-state index contributed by atoms with van der Waals surface area (Å²) in [5.41, 5.74) is 2.04. The number of hydrogen-bond acceptors (Lipinski definition) is 3. The minimum atomic E-state index is -0.202. The zero-order chi connectivity index (χ0) is 14.5. The van der Waals surface area contributed by atoms with Gasteiger partial charge in [0.05, 0.1) is 11.7 Å². The van der Waals surface area contributed by atoms with Crippen molar-refractivity contribution in [3.63, 3.8) is 0 Å². The number of aromatic nitrogens is 1. The lowest BCUT2D eigenvalue weighted by Gasteiger charge is -2.16. The van der Waals surface area contributed by atoms with Crippen molar-refractivity contribution in [2.75, 3.05) is 6.54 Å². The summed E-state index contributed by atoms with van der Waals surface area (Å²) in [7, 11) is 0. The van der Waals surface area contributed by atoms with Crippen LogP contribution >= 0.6 is 11.3 Å². The third kappa shape index (κ3) is 3.64. The second kappa shape index (κ2) is 6.95. The Bertz CT molecular complexity index is 551. The van der Waals surface area contributed by atoms with E-state index in [0.717, 1.165) is 29.2 Å². The molecule has 1 unspecified atom stereocenters. The first-order valence-corrected chi connectivity index (χ1v) is 7.94. The highest BCUT2D eigenvalue weighted by Crippen LogP contribution is 2.28. The van der Waals surface area contributed by atoms with Gasteiger partial charge in [-0.15, -0.1) is 11.3 Å². The van der Waals surface area contributed by atoms with Gasteiger partial charge in [0.25, 0.3) is 0 Å². The molecule has 0 saturated carbocycles. The molecule has 0 aliphatic carbocycles. The molecule has 4 heteroatoms. The van der Waals surface area contributed by atoms with Crippen LogP contribution < -0.4 is 5.32 Å². The van der Waals surface area contributed by atoms with Gasteiger partial charge in [-0.3, -0.25) is 0 Å². The number of benzene rings is 1. The molecular formula is C16H21FN2S. The standard InChI is InChI=1S/C16H21FN2S/c1-4-8-18-15(12-6-5-7-13(17)9-12)16-19-14(10-20-16)11(2)3/h5-7,9-11,15,18H,4,8H2,1-3H3. The highest BCUT2D eigenvalue weighted by molar-refractivity contribution is 7.09. The SMILES string of the molecule is CCCNC(c1cccc(F)c1)c1nc(C(C)C)cs1. The topological polar surface area (TPSA) is 24.9 Å². The first-order valence-electron chi connectivity index (χ1n) is 7.06. The average Bonchev–Trinajstić information content (AvgIpc) is 2.89. The van der Waals surface area contributed by atoms with Gasteiger partial charge in [0.2, 0.25) is 0 Å². The minimum Gasteiger partial charge on any atom is -0.304 e. The van der Waals surface area contributed by atoms with Crippen LogP contribution in [-0.2, 0) is 0 Å². The van der Waals surface area contributed by atoms with Crippen molar-refractivity contribution in [2.45, 2.75) is 39.2 Å². The van der Waals surface area contributed by atoms with Crippen molar-refractivity contribution < 1.29 is 4.39 Å². The molecule has 20 heavy (non-hydrogen) atoms. The molecule has 0 amide bonds. The van der Waals surface area contributed by atoms with E-state index in [1.54, 1.807) is 23.5 Å². The summed E-state index contributed by atoms with van der Waals surface area (Å²) in [6.07, 6.45) is 1.04. The normalized spacial score (nSPS) is 12.8. The van der Waals surface area contributed by atoms with Crippen LogP contribution in [0.25, 0.3) is 0 Å². The fourth-order valence-electron chi connectivity index (χ4n) is 2.02. The summed E-state index contributed by atoms with van der Waals surface area (Å²) < 4.78 is 13.5. The molecule has 0 aliphatic heterocycles. The Hall–Kier alpha value is -1.26. The first-order chi connectivity index (χ1) is 9.61. The Kier molecular flexibility index (Phi) is 5.26. The van der Waals surface area contributed by atoms with Crippen LogP contribution in [0.15, 0.2) is 29.6 Å². The fourth-order valence-corrected chi connectivity index (χ4v) is 3.10. The molecule has 0 aliphatic rings. The molecule has 0 spiro atoms. The highest BCUT2D eigenvalue weighted by Gasteiger charge is 2.18. The van der Waals surface area contributed by atoms with Crippen molar-refractivity contribution >= 4 is 11.3 Å². The molecule has 0 fully saturated rings.